The Balaban J connectivity index is 2.26. The lowest BCUT2D eigenvalue weighted by Gasteiger charge is -2.30. The van der Waals surface area contributed by atoms with Gasteiger partial charge in [-0.25, -0.2) is 0 Å². The van der Waals surface area contributed by atoms with Gasteiger partial charge in [-0.3, -0.25) is 4.79 Å². The second-order valence-corrected chi connectivity index (χ2v) is 3.86. The molecule has 1 amide bonds. The molecule has 4 nitrogen and oxygen atoms in total. The molecule has 1 aromatic carbocycles. The molecule has 1 aliphatic rings. The zero-order chi connectivity index (χ0) is 11.5. The van der Waals surface area contributed by atoms with Crippen LogP contribution in [0, 0.1) is 0 Å². The van der Waals surface area contributed by atoms with Crippen LogP contribution in [0.3, 0.4) is 0 Å². The Kier molecular flexibility index (Phi) is 3.10. The first-order chi connectivity index (χ1) is 7.72. The van der Waals surface area contributed by atoms with Crippen LogP contribution in [-0.2, 0) is 4.79 Å². The molecule has 0 radical (unpaired) electrons. The number of carbonyl (C=O) groups is 1. The van der Waals surface area contributed by atoms with Gasteiger partial charge in [0.15, 0.2) is 0 Å². The van der Waals surface area contributed by atoms with Crippen LogP contribution in [0.2, 0.25) is 0 Å². The molecule has 16 heavy (non-hydrogen) atoms. The summed E-state index contributed by atoms with van der Waals surface area (Å²) in [4.78, 5) is 13.5. The van der Waals surface area contributed by atoms with Crippen molar-refractivity contribution < 1.29 is 14.6 Å². The van der Waals surface area contributed by atoms with E-state index in [2.05, 4.69) is 0 Å². The van der Waals surface area contributed by atoms with Gasteiger partial charge in [0.25, 0.3) is 0 Å². The van der Waals surface area contributed by atoms with Gasteiger partial charge in [0.05, 0.1) is 25.3 Å². The molecule has 1 unspecified atom stereocenters. The van der Waals surface area contributed by atoms with Gasteiger partial charge in [0.1, 0.15) is 5.75 Å². The largest absolute Gasteiger partial charge is 0.495 e. The molecule has 1 heterocycles. The van der Waals surface area contributed by atoms with Crippen LogP contribution in [-0.4, -0.2) is 30.8 Å². The molecule has 1 N–H and O–H groups in total. The van der Waals surface area contributed by atoms with Crippen molar-refractivity contribution in [1.82, 2.24) is 0 Å². The summed E-state index contributed by atoms with van der Waals surface area (Å²) in [7, 11) is 1.59. The fourth-order valence-corrected chi connectivity index (χ4v) is 1.92. The lowest BCUT2D eigenvalue weighted by atomic mass is 10.1. The third-order valence-electron chi connectivity index (χ3n) is 2.77. The second kappa shape index (κ2) is 4.53. The van der Waals surface area contributed by atoms with Crippen LogP contribution in [0.4, 0.5) is 5.69 Å². The van der Waals surface area contributed by atoms with Crippen molar-refractivity contribution in [3.63, 3.8) is 0 Å². The summed E-state index contributed by atoms with van der Waals surface area (Å²) in [6.45, 7) is 0.542. The van der Waals surface area contributed by atoms with Gasteiger partial charge < -0.3 is 14.7 Å². The molecule has 1 aliphatic heterocycles. The molecule has 1 saturated heterocycles. The zero-order valence-corrected chi connectivity index (χ0v) is 9.22. The van der Waals surface area contributed by atoms with Crippen molar-refractivity contribution in [1.29, 1.82) is 0 Å². The number of carbonyl (C=O) groups excluding carboxylic acids is 1. The van der Waals surface area contributed by atoms with E-state index in [9.17, 15) is 9.90 Å². The Morgan fingerprint density at radius 2 is 2.19 bits per heavy atom. The first-order valence-electron chi connectivity index (χ1n) is 5.34. The maximum Gasteiger partial charge on any atom is 0.229 e. The summed E-state index contributed by atoms with van der Waals surface area (Å²) >= 11 is 0. The molecule has 0 saturated carbocycles. The number of rotatable bonds is 2. The zero-order valence-electron chi connectivity index (χ0n) is 9.22. The Bertz CT molecular complexity index is 392. The van der Waals surface area contributed by atoms with E-state index < -0.39 is 6.10 Å². The number of amides is 1. The van der Waals surface area contributed by atoms with E-state index in [1.807, 2.05) is 24.3 Å². The summed E-state index contributed by atoms with van der Waals surface area (Å²) in [5.41, 5.74) is 0.780. The van der Waals surface area contributed by atoms with Crippen LogP contribution < -0.4 is 9.64 Å². The number of aliphatic hydroxyl groups is 1. The maximum atomic E-state index is 11.8. The van der Waals surface area contributed by atoms with E-state index in [1.165, 1.54) is 0 Å². The topological polar surface area (TPSA) is 49.8 Å². The number of piperidine rings is 1. The van der Waals surface area contributed by atoms with Crippen molar-refractivity contribution in [2.75, 3.05) is 18.6 Å². The van der Waals surface area contributed by atoms with E-state index in [0.717, 1.165) is 5.69 Å². The minimum Gasteiger partial charge on any atom is -0.495 e. The maximum absolute atomic E-state index is 11.8. The van der Waals surface area contributed by atoms with Crippen LogP contribution in [0.25, 0.3) is 0 Å². The second-order valence-electron chi connectivity index (χ2n) is 3.86. The monoisotopic (exact) mass is 221 g/mol. The van der Waals surface area contributed by atoms with E-state index in [0.29, 0.717) is 18.7 Å². The molecule has 0 aliphatic carbocycles. The smallest absolute Gasteiger partial charge is 0.229 e. The predicted octanol–water partition coefficient (Wildman–Crippen LogP) is 1.18. The third kappa shape index (κ3) is 2.02. The average molecular weight is 221 g/mol. The van der Waals surface area contributed by atoms with Crippen molar-refractivity contribution in [2.45, 2.75) is 18.9 Å². The number of ether oxygens (including phenoxy) is 1. The molecular formula is C12H15NO3. The van der Waals surface area contributed by atoms with Crippen LogP contribution in [0.15, 0.2) is 24.3 Å². The molecule has 0 aromatic heterocycles. The molecule has 4 heteroatoms. The highest BCUT2D eigenvalue weighted by Gasteiger charge is 2.26. The first kappa shape index (κ1) is 11.0. The predicted molar refractivity (Wildman–Crippen MR) is 60.6 cm³/mol. The van der Waals surface area contributed by atoms with E-state index >= 15 is 0 Å². The van der Waals surface area contributed by atoms with Gasteiger partial charge in [-0.1, -0.05) is 12.1 Å². The van der Waals surface area contributed by atoms with E-state index in [1.54, 1.807) is 12.0 Å². The van der Waals surface area contributed by atoms with Gasteiger partial charge in [-0.15, -0.1) is 0 Å². The number of anilines is 1. The van der Waals surface area contributed by atoms with Crippen molar-refractivity contribution in [3.8, 4) is 5.75 Å². The van der Waals surface area contributed by atoms with E-state index in [4.69, 9.17) is 4.74 Å². The molecular weight excluding hydrogens is 206 g/mol. The average Bonchev–Trinajstić information content (AvgIpc) is 2.29. The summed E-state index contributed by atoms with van der Waals surface area (Å²) in [6, 6.07) is 7.42. The van der Waals surface area contributed by atoms with Gasteiger partial charge >= 0.3 is 0 Å². The molecule has 1 fully saturated rings. The summed E-state index contributed by atoms with van der Waals surface area (Å²) in [5, 5.41) is 9.39. The first-order valence-corrected chi connectivity index (χ1v) is 5.34. The number of nitrogens with zero attached hydrogens (tertiary/aromatic N) is 1. The minimum absolute atomic E-state index is 0.0525. The highest BCUT2D eigenvalue weighted by molar-refractivity contribution is 5.95. The summed E-state index contributed by atoms with van der Waals surface area (Å²) in [6.07, 6.45) is 0.306. The minimum atomic E-state index is -0.501. The Morgan fingerprint density at radius 1 is 1.44 bits per heavy atom. The van der Waals surface area contributed by atoms with Gasteiger partial charge in [0, 0.05) is 6.54 Å². The van der Waals surface area contributed by atoms with Crippen molar-refractivity contribution in [2.24, 2.45) is 0 Å². The number of hydrogen-bond donors (Lipinski definition) is 1. The SMILES string of the molecule is COc1ccccc1N1CCC(O)CC1=O. The van der Waals surface area contributed by atoms with Gasteiger partial charge in [0.2, 0.25) is 5.91 Å². The van der Waals surface area contributed by atoms with Crippen LogP contribution >= 0.6 is 0 Å². The summed E-state index contributed by atoms with van der Waals surface area (Å²) < 4.78 is 5.22. The van der Waals surface area contributed by atoms with E-state index in [-0.39, 0.29) is 12.3 Å². The quantitative estimate of drug-likeness (QED) is 0.816. The number of aliphatic hydroxyl groups excluding tert-OH is 1. The molecule has 0 spiro atoms. The van der Waals surface area contributed by atoms with Gasteiger partial charge in [-0.05, 0) is 18.6 Å². The lowest BCUT2D eigenvalue weighted by Crippen LogP contribution is -2.40. The molecule has 86 valence electrons. The fraction of sp³-hybridized carbons (Fsp3) is 0.417. The van der Waals surface area contributed by atoms with Crippen LogP contribution in [0.1, 0.15) is 12.8 Å². The Morgan fingerprint density at radius 3 is 2.88 bits per heavy atom. The Labute approximate surface area is 94.4 Å². The normalized spacial score (nSPS) is 21.0. The van der Waals surface area contributed by atoms with Crippen LogP contribution in [0.5, 0.6) is 5.75 Å². The van der Waals surface area contributed by atoms with Crippen molar-refractivity contribution >= 4 is 11.6 Å². The third-order valence-corrected chi connectivity index (χ3v) is 2.77. The number of para-hydroxylation sites is 2. The highest BCUT2D eigenvalue weighted by Crippen LogP contribution is 2.30. The molecule has 0 bridgehead atoms. The molecule has 1 atom stereocenters. The fourth-order valence-electron chi connectivity index (χ4n) is 1.92. The van der Waals surface area contributed by atoms with Gasteiger partial charge in [-0.2, -0.15) is 0 Å². The standard InChI is InChI=1S/C12H15NO3/c1-16-11-5-3-2-4-10(11)13-7-6-9(14)8-12(13)15/h2-5,9,14H,6-8H2,1H3. The van der Waals surface area contributed by atoms with Crippen molar-refractivity contribution in [3.05, 3.63) is 24.3 Å². The summed E-state index contributed by atoms with van der Waals surface area (Å²) in [5.74, 6) is 0.635. The Hall–Kier alpha value is -1.55. The number of benzene rings is 1. The molecule has 2 rings (SSSR count). The number of hydrogen-bond acceptors (Lipinski definition) is 3. The highest BCUT2D eigenvalue weighted by atomic mass is 16.5. The lowest BCUT2D eigenvalue weighted by molar-refractivity contribution is -0.122. The number of methoxy groups -OCH3 is 1. The molecule has 1 aromatic rings.